The molecule has 0 saturated heterocycles. The quantitative estimate of drug-likeness (QED) is 0.0932. The maximum atomic E-state index is 14.6. The minimum atomic E-state index is -3.10. The summed E-state index contributed by atoms with van der Waals surface area (Å²) in [4.78, 5) is 12.5. The van der Waals surface area contributed by atoms with Gasteiger partial charge in [0, 0.05) is 12.1 Å². The Morgan fingerprint density at radius 2 is 1.51 bits per heavy atom. The van der Waals surface area contributed by atoms with Crippen molar-refractivity contribution in [2.24, 2.45) is 5.73 Å². The van der Waals surface area contributed by atoms with Gasteiger partial charge in [-0.05, 0) is 72.1 Å². The first-order valence-electron chi connectivity index (χ1n) is 15.9. The third-order valence-electron chi connectivity index (χ3n) is 8.56. The molecule has 4 aromatic carbocycles. The molecule has 0 aliphatic rings. The highest BCUT2D eigenvalue weighted by atomic mass is 28.4. The number of carbonyl (C=O) groups excluding carboxylic acids is 1. The Morgan fingerprint density at radius 1 is 0.851 bits per heavy atom. The number of nitrogens with one attached hydrogen (secondary N) is 1. The van der Waals surface area contributed by atoms with Crippen molar-refractivity contribution in [1.29, 1.82) is 0 Å². The lowest BCUT2D eigenvalue weighted by Gasteiger charge is -2.39. The van der Waals surface area contributed by atoms with Crippen LogP contribution in [0.15, 0.2) is 103 Å². The number of alkyl halides is 2. The van der Waals surface area contributed by atoms with Crippen LogP contribution in [-0.2, 0) is 23.4 Å². The molecule has 0 aromatic heterocycles. The van der Waals surface area contributed by atoms with Gasteiger partial charge < -0.3 is 25.0 Å². The largest absolute Gasteiger partial charge is 0.488 e. The van der Waals surface area contributed by atoms with Crippen LogP contribution in [-0.4, -0.2) is 33.9 Å². The topological polar surface area (TPSA) is 82.8 Å². The lowest BCUT2D eigenvalue weighted by Crippen LogP contribution is -2.43. The fourth-order valence-electron chi connectivity index (χ4n) is 4.76. The van der Waals surface area contributed by atoms with E-state index >= 15 is 0 Å². The molecule has 0 unspecified atom stereocenters. The Morgan fingerprint density at radius 3 is 2.17 bits per heavy atom. The smallest absolute Gasteiger partial charge is 0.306 e. The molecule has 4 aromatic rings. The van der Waals surface area contributed by atoms with Crippen molar-refractivity contribution in [3.05, 3.63) is 131 Å². The second-order valence-corrected chi connectivity index (χ2v) is 18.0. The van der Waals surface area contributed by atoms with Crippen molar-refractivity contribution >= 4 is 14.2 Å². The maximum absolute atomic E-state index is 14.6. The molecule has 0 radical (unpaired) electrons. The van der Waals surface area contributed by atoms with E-state index in [0.717, 1.165) is 16.7 Å². The first kappa shape index (κ1) is 35.8. The molecule has 9 heteroatoms. The average Bonchev–Trinajstić information content (AvgIpc) is 3.04. The first-order valence-corrected chi connectivity index (χ1v) is 18.8. The van der Waals surface area contributed by atoms with Gasteiger partial charge in [-0.3, -0.25) is 4.79 Å². The molecule has 1 amide bonds. The lowest BCUT2D eigenvalue weighted by atomic mass is 10.0. The molecule has 6 nitrogen and oxygen atoms in total. The number of primary amides is 1. The van der Waals surface area contributed by atoms with Gasteiger partial charge in [0.2, 0.25) is 0 Å². The summed E-state index contributed by atoms with van der Waals surface area (Å²) in [6.07, 6.45) is 0.310. The van der Waals surface area contributed by atoms with Crippen LogP contribution in [0.5, 0.6) is 11.5 Å². The molecular weight excluding hydrogens is 615 g/mol. The van der Waals surface area contributed by atoms with E-state index in [1.54, 1.807) is 42.5 Å². The highest BCUT2D eigenvalue weighted by molar-refractivity contribution is 6.74. The number of benzene rings is 4. The molecule has 0 aliphatic heterocycles. The Kier molecular flexibility index (Phi) is 12.0. The van der Waals surface area contributed by atoms with Gasteiger partial charge in [-0.15, -0.1) is 0 Å². The predicted molar refractivity (Wildman–Crippen MR) is 186 cm³/mol. The molecule has 4 rings (SSSR count). The second-order valence-electron chi connectivity index (χ2n) is 13.2. The summed E-state index contributed by atoms with van der Waals surface area (Å²) in [6, 6.07) is 30.1. The minimum absolute atomic E-state index is 0.0335. The summed E-state index contributed by atoms with van der Waals surface area (Å²) >= 11 is 0. The summed E-state index contributed by atoms with van der Waals surface area (Å²) in [6.45, 7) is 11.6. The molecule has 3 N–H and O–H groups in total. The van der Waals surface area contributed by atoms with Gasteiger partial charge in [-0.1, -0.05) is 99.6 Å². The molecule has 0 saturated carbocycles. The summed E-state index contributed by atoms with van der Waals surface area (Å²) in [5, 5.41) is 3.47. The van der Waals surface area contributed by atoms with Crippen LogP contribution >= 0.6 is 0 Å². The third-order valence-corrected chi connectivity index (χ3v) is 13.0. The van der Waals surface area contributed by atoms with Crippen molar-refractivity contribution in [3.8, 4) is 11.5 Å². The van der Waals surface area contributed by atoms with Crippen molar-refractivity contribution in [1.82, 2.24) is 5.32 Å². The summed E-state index contributed by atoms with van der Waals surface area (Å²) in [5.74, 6) is -2.85. The Labute approximate surface area is 278 Å². The van der Waals surface area contributed by atoms with Crippen LogP contribution in [0.1, 0.15) is 59.5 Å². The van der Waals surface area contributed by atoms with E-state index in [2.05, 4.69) is 39.2 Å². The Balaban J connectivity index is 1.42. The number of halogens is 2. The third kappa shape index (κ3) is 10.2. The van der Waals surface area contributed by atoms with E-state index < -0.39 is 26.8 Å². The highest BCUT2D eigenvalue weighted by Gasteiger charge is 2.39. The van der Waals surface area contributed by atoms with E-state index in [1.807, 2.05) is 48.5 Å². The molecule has 0 aliphatic carbocycles. The number of nitrogens with two attached hydrogens (primary N) is 1. The van der Waals surface area contributed by atoms with Crippen LogP contribution in [0.25, 0.3) is 0 Å². The zero-order valence-electron chi connectivity index (χ0n) is 27.9. The standard InChI is InChI=1S/C38H46F2N2O4Si/c1-37(2,3)47(4,5)46-35(30-19-20-34(33(24-30)36(41)43)44-26-29-13-8-6-9-14-29)25-42-22-21-28-15-12-18-32(23-28)45-27-38(39,40)31-16-10-7-11-17-31/h6-20,23-24,35,42H,21-22,25-27H2,1-5H3,(H2,41,43)/t35-/m1/s1. The number of hydrogen-bond donors (Lipinski definition) is 2. The number of carbonyl (C=O) groups is 1. The van der Waals surface area contributed by atoms with E-state index in [0.29, 0.717) is 43.2 Å². The fourth-order valence-corrected chi connectivity index (χ4v) is 6.04. The molecule has 1 atom stereocenters. The van der Waals surface area contributed by atoms with Gasteiger partial charge in [-0.2, -0.15) is 8.78 Å². The lowest BCUT2D eigenvalue weighted by molar-refractivity contribution is -0.0467. The molecule has 0 bridgehead atoms. The van der Waals surface area contributed by atoms with Crippen molar-refractivity contribution in [2.75, 3.05) is 19.7 Å². The zero-order chi connectivity index (χ0) is 34.1. The van der Waals surface area contributed by atoms with Gasteiger partial charge >= 0.3 is 5.92 Å². The van der Waals surface area contributed by atoms with Crippen LogP contribution in [0.3, 0.4) is 0 Å². The van der Waals surface area contributed by atoms with E-state index in [4.69, 9.17) is 19.6 Å². The molecule has 47 heavy (non-hydrogen) atoms. The molecular formula is C38H46F2N2O4Si. The fraction of sp³-hybridized carbons (Fsp3) is 0.342. The SMILES string of the molecule is CC(C)(C)[Si](C)(C)O[C@H](CNCCc1cccc(OCC(F)(F)c2ccccc2)c1)c1ccc(OCc2ccccc2)c(C(N)=O)c1. The molecule has 250 valence electrons. The minimum Gasteiger partial charge on any atom is -0.488 e. The van der Waals surface area contributed by atoms with Gasteiger partial charge in [0.15, 0.2) is 14.9 Å². The summed E-state index contributed by atoms with van der Waals surface area (Å²) in [5.41, 5.74) is 8.80. The summed E-state index contributed by atoms with van der Waals surface area (Å²) in [7, 11) is -2.21. The highest BCUT2D eigenvalue weighted by Crippen LogP contribution is 2.40. The number of rotatable bonds is 16. The molecule has 0 fully saturated rings. The van der Waals surface area contributed by atoms with E-state index in [9.17, 15) is 13.6 Å². The summed E-state index contributed by atoms with van der Waals surface area (Å²) < 4.78 is 47.6. The second kappa shape index (κ2) is 15.7. The van der Waals surface area contributed by atoms with E-state index in [1.165, 1.54) is 12.1 Å². The number of ether oxygens (including phenoxy) is 2. The average molecular weight is 661 g/mol. The van der Waals surface area contributed by atoms with Crippen molar-refractivity contribution in [2.45, 2.75) is 64.0 Å². The number of hydrogen-bond acceptors (Lipinski definition) is 5. The predicted octanol–water partition coefficient (Wildman–Crippen LogP) is 8.43. The van der Waals surface area contributed by atoms with Crippen LogP contribution in [0.2, 0.25) is 18.1 Å². The normalized spacial score (nSPS) is 12.8. The van der Waals surface area contributed by atoms with E-state index in [-0.39, 0.29) is 16.7 Å². The van der Waals surface area contributed by atoms with Crippen LogP contribution in [0, 0.1) is 0 Å². The monoisotopic (exact) mass is 660 g/mol. The van der Waals surface area contributed by atoms with Gasteiger partial charge in [0.1, 0.15) is 18.1 Å². The van der Waals surface area contributed by atoms with Crippen LogP contribution in [0.4, 0.5) is 8.78 Å². The van der Waals surface area contributed by atoms with Gasteiger partial charge in [-0.25, -0.2) is 0 Å². The first-order chi connectivity index (χ1) is 22.2. The zero-order valence-corrected chi connectivity index (χ0v) is 28.9. The maximum Gasteiger partial charge on any atom is 0.306 e. The van der Waals surface area contributed by atoms with Crippen molar-refractivity contribution < 1.29 is 27.5 Å². The van der Waals surface area contributed by atoms with Crippen molar-refractivity contribution in [3.63, 3.8) is 0 Å². The molecule has 0 heterocycles. The Bertz CT molecular complexity index is 1590. The Hall–Kier alpha value is -4.05. The number of amides is 1. The van der Waals surface area contributed by atoms with Gasteiger partial charge in [0.05, 0.1) is 11.7 Å². The van der Waals surface area contributed by atoms with Gasteiger partial charge in [0.25, 0.3) is 5.91 Å². The molecule has 0 spiro atoms. The van der Waals surface area contributed by atoms with Crippen LogP contribution < -0.4 is 20.5 Å².